The van der Waals surface area contributed by atoms with Gasteiger partial charge in [0.25, 0.3) is 5.91 Å². The van der Waals surface area contributed by atoms with E-state index in [0.717, 1.165) is 51.9 Å². The second-order valence-electron chi connectivity index (χ2n) is 7.37. The number of hydrogen-bond donors (Lipinski definition) is 2. The Bertz CT molecular complexity index is 593. The molecule has 3 aliphatic heterocycles. The van der Waals surface area contributed by atoms with Crippen molar-refractivity contribution in [2.24, 2.45) is 5.92 Å². The number of likely N-dealkylation sites (tertiary alicyclic amines) is 2. The molecule has 0 radical (unpaired) electrons. The van der Waals surface area contributed by atoms with Crippen LogP contribution in [0.15, 0.2) is 11.3 Å². The number of urea groups is 1. The maximum atomic E-state index is 12.8. The second-order valence-corrected chi connectivity index (χ2v) is 7.37. The van der Waals surface area contributed by atoms with Crippen molar-refractivity contribution in [3.8, 4) is 0 Å². The third-order valence-corrected chi connectivity index (χ3v) is 5.60. The summed E-state index contributed by atoms with van der Waals surface area (Å²) in [6, 6.07) is -0.517. The quantitative estimate of drug-likeness (QED) is 0.801. The highest BCUT2D eigenvalue weighted by Gasteiger charge is 2.32. The van der Waals surface area contributed by atoms with E-state index in [2.05, 4.69) is 10.6 Å². The molecule has 2 saturated heterocycles. The van der Waals surface area contributed by atoms with E-state index in [1.54, 1.807) is 6.92 Å². The first-order valence-electron chi connectivity index (χ1n) is 9.31. The molecule has 0 spiro atoms. The Kier molecular flexibility index (Phi) is 5.30. The van der Waals surface area contributed by atoms with Crippen LogP contribution in [-0.2, 0) is 9.59 Å². The molecule has 0 bridgehead atoms. The topological polar surface area (TPSA) is 81.8 Å². The van der Waals surface area contributed by atoms with Crippen LogP contribution in [0.1, 0.15) is 46.0 Å². The van der Waals surface area contributed by atoms with Crippen molar-refractivity contribution < 1.29 is 14.4 Å². The average molecular weight is 348 g/mol. The van der Waals surface area contributed by atoms with Crippen LogP contribution in [0.2, 0.25) is 0 Å². The third kappa shape index (κ3) is 3.96. The number of nitrogens with zero attached hydrogens (tertiary/aromatic N) is 2. The van der Waals surface area contributed by atoms with E-state index in [1.807, 2.05) is 16.7 Å². The highest BCUT2D eigenvalue weighted by Crippen LogP contribution is 2.24. The zero-order valence-corrected chi connectivity index (χ0v) is 15.1. The van der Waals surface area contributed by atoms with Gasteiger partial charge >= 0.3 is 6.03 Å². The van der Waals surface area contributed by atoms with Gasteiger partial charge in [0, 0.05) is 38.3 Å². The lowest BCUT2D eigenvalue weighted by molar-refractivity contribution is -0.128. The third-order valence-electron chi connectivity index (χ3n) is 5.60. The molecule has 0 aromatic rings. The Morgan fingerprint density at radius 3 is 2.52 bits per heavy atom. The summed E-state index contributed by atoms with van der Waals surface area (Å²) in [4.78, 5) is 39.8. The van der Waals surface area contributed by atoms with Gasteiger partial charge in [0.05, 0.1) is 11.6 Å². The lowest BCUT2D eigenvalue weighted by Gasteiger charge is -2.35. The van der Waals surface area contributed by atoms with E-state index in [0.29, 0.717) is 23.6 Å². The lowest BCUT2D eigenvalue weighted by atomic mass is 9.92. The van der Waals surface area contributed by atoms with Crippen molar-refractivity contribution in [1.29, 1.82) is 0 Å². The zero-order chi connectivity index (χ0) is 18.0. The van der Waals surface area contributed by atoms with Crippen molar-refractivity contribution in [1.82, 2.24) is 20.4 Å². The second kappa shape index (κ2) is 7.45. The summed E-state index contributed by atoms with van der Waals surface area (Å²) < 4.78 is 0. The van der Waals surface area contributed by atoms with Crippen LogP contribution >= 0.6 is 0 Å². The Morgan fingerprint density at radius 1 is 1.20 bits per heavy atom. The molecule has 138 valence electrons. The number of allylic oxidation sites excluding steroid dienone is 1. The normalized spacial score (nSPS) is 25.3. The van der Waals surface area contributed by atoms with E-state index in [1.165, 1.54) is 0 Å². The molecule has 2 N–H and O–H groups in total. The predicted octanol–water partition coefficient (Wildman–Crippen LogP) is 1.21. The van der Waals surface area contributed by atoms with Gasteiger partial charge in [-0.15, -0.1) is 0 Å². The van der Waals surface area contributed by atoms with Crippen LogP contribution in [0.4, 0.5) is 4.79 Å². The molecule has 3 aliphatic rings. The fourth-order valence-corrected chi connectivity index (χ4v) is 4.09. The molecule has 0 aromatic heterocycles. The van der Waals surface area contributed by atoms with Gasteiger partial charge in [0.2, 0.25) is 5.91 Å². The lowest BCUT2D eigenvalue weighted by Crippen LogP contribution is -2.51. The fourth-order valence-electron chi connectivity index (χ4n) is 4.09. The summed E-state index contributed by atoms with van der Waals surface area (Å²) in [6.45, 7) is 6.87. The molecule has 3 rings (SSSR count). The van der Waals surface area contributed by atoms with Crippen LogP contribution in [0, 0.1) is 5.92 Å². The van der Waals surface area contributed by atoms with Gasteiger partial charge in [-0.2, -0.15) is 0 Å². The number of piperidine rings is 1. The molecule has 4 amide bonds. The maximum absolute atomic E-state index is 12.8. The molecule has 0 aliphatic carbocycles. The smallest absolute Gasteiger partial charge is 0.319 e. The first kappa shape index (κ1) is 17.8. The van der Waals surface area contributed by atoms with Gasteiger partial charge in [-0.25, -0.2) is 4.79 Å². The minimum atomic E-state index is -0.264. The SMILES string of the molecule is CC1=C(C(=O)N2CCC(CCN3CCCC3=O)CC2)[C@H](C)NC(=O)N1. The van der Waals surface area contributed by atoms with Crippen molar-refractivity contribution in [2.75, 3.05) is 26.2 Å². The van der Waals surface area contributed by atoms with Gasteiger partial charge in [0.1, 0.15) is 0 Å². The van der Waals surface area contributed by atoms with Crippen LogP contribution < -0.4 is 10.6 Å². The van der Waals surface area contributed by atoms with E-state index in [-0.39, 0.29) is 23.9 Å². The van der Waals surface area contributed by atoms with Crippen molar-refractivity contribution in [2.45, 2.75) is 52.0 Å². The molecule has 0 aromatic carbocycles. The van der Waals surface area contributed by atoms with Gasteiger partial charge in [-0.05, 0) is 45.4 Å². The Morgan fingerprint density at radius 2 is 1.92 bits per heavy atom. The number of amides is 4. The summed E-state index contributed by atoms with van der Waals surface area (Å²) in [7, 11) is 0. The van der Waals surface area contributed by atoms with Gasteiger partial charge in [-0.3, -0.25) is 9.59 Å². The average Bonchev–Trinajstić information content (AvgIpc) is 2.97. The standard InChI is InChI=1S/C18H28N4O3/c1-12-16(13(2)20-18(25)19-12)17(24)22-10-6-14(7-11-22)5-9-21-8-3-4-15(21)23/h12,14H,3-11H2,1-2H3,(H2,19,20,25)/t12-/m0/s1. The Labute approximate surface area is 148 Å². The van der Waals surface area contributed by atoms with Gasteiger partial charge < -0.3 is 20.4 Å². The number of carbonyl (C=O) groups excluding carboxylic acids is 3. The summed E-state index contributed by atoms with van der Waals surface area (Å²) in [6.07, 6.45) is 4.68. The van der Waals surface area contributed by atoms with E-state index < -0.39 is 0 Å². The van der Waals surface area contributed by atoms with Crippen LogP contribution in [0.3, 0.4) is 0 Å². The fraction of sp³-hybridized carbons (Fsp3) is 0.722. The zero-order valence-electron chi connectivity index (χ0n) is 15.1. The molecule has 3 heterocycles. The molecular weight excluding hydrogens is 320 g/mol. The molecule has 0 unspecified atom stereocenters. The molecular formula is C18H28N4O3. The minimum absolute atomic E-state index is 0.0191. The minimum Gasteiger partial charge on any atom is -0.343 e. The first-order valence-corrected chi connectivity index (χ1v) is 9.31. The Hall–Kier alpha value is -2.05. The first-order chi connectivity index (χ1) is 12.0. The predicted molar refractivity (Wildman–Crippen MR) is 93.6 cm³/mol. The van der Waals surface area contributed by atoms with Crippen molar-refractivity contribution >= 4 is 17.8 Å². The van der Waals surface area contributed by atoms with E-state index >= 15 is 0 Å². The van der Waals surface area contributed by atoms with Crippen LogP contribution in [0.5, 0.6) is 0 Å². The molecule has 7 heteroatoms. The number of carbonyl (C=O) groups is 3. The van der Waals surface area contributed by atoms with Crippen LogP contribution in [-0.4, -0.2) is 59.9 Å². The molecule has 0 saturated carbocycles. The summed E-state index contributed by atoms with van der Waals surface area (Å²) in [5.41, 5.74) is 1.30. The molecule has 1 atom stereocenters. The highest BCUT2D eigenvalue weighted by atomic mass is 16.2. The van der Waals surface area contributed by atoms with Crippen molar-refractivity contribution in [3.05, 3.63) is 11.3 Å². The van der Waals surface area contributed by atoms with E-state index in [4.69, 9.17) is 0 Å². The summed E-state index contributed by atoms with van der Waals surface area (Å²) in [5.74, 6) is 0.885. The number of hydrogen-bond acceptors (Lipinski definition) is 3. The molecule has 25 heavy (non-hydrogen) atoms. The highest BCUT2D eigenvalue weighted by molar-refractivity contribution is 5.98. The Balaban J connectivity index is 1.50. The molecule has 2 fully saturated rings. The summed E-state index contributed by atoms with van der Waals surface area (Å²) >= 11 is 0. The number of nitrogens with one attached hydrogen (secondary N) is 2. The summed E-state index contributed by atoms with van der Waals surface area (Å²) in [5, 5.41) is 5.44. The van der Waals surface area contributed by atoms with Crippen LogP contribution in [0.25, 0.3) is 0 Å². The molecule has 7 nitrogen and oxygen atoms in total. The van der Waals surface area contributed by atoms with E-state index in [9.17, 15) is 14.4 Å². The number of rotatable bonds is 4. The van der Waals surface area contributed by atoms with Gasteiger partial charge in [-0.1, -0.05) is 0 Å². The van der Waals surface area contributed by atoms with Crippen molar-refractivity contribution in [3.63, 3.8) is 0 Å². The maximum Gasteiger partial charge on any atom is 0.319 e. The van der Waals surface area contributed by atoms with Gasteiger partial charge in [0.15, 0.2) is 0 Å². The largest absolute Gasteiger partial charge is 0.343 e. The monoisotopic (exact) mass is 348 g/mol.